The van der Waals surface area contributed by atoms with Crippen LogP contribution in [0.15, 0.2) is 11.2 Å². The minimum atomic E-state index is -4.05. The molecule has 10 heteroatoms. The maximum atomic E-state index is 12.6. The topological polar surface area (TPSA) is 112 Å². The Morgan fingerprint density at radius 1 is 1.50 bits per heavy atom. The number of halogens is 1. The molecule has 0 aliphatic rings. The van der Waals surface area contributed by atoms with Gasteiger partial charge < -0.3 is 4.74 Å². The van der Waals surface area contributed by atoms with Crippen LogP contribution in [0, 0.1) is 0 Å². The summed E-state index contributed by atoms with van der Waals surface area (Å²) in [4.78, 5) is 7.40. The van der Waals surface area contributed by atoms with Crippen LogP contribution in [0.4, 0.5) is 4.39 Å². The third-order valence-corrected chi connectivity index (χ3v) is 2.68. The van der Waals surface area contributed by atoms with Crippen molar-refractivity contribution in [2.24, 2.45) is 5.14 Å². The van der Waals surface area contributed by atoms with E-state index in [0.29, 0.717) is 6.61 Å². The molecule has 0 unspecified atom stereocenters. The van der Waals surface area contributed by atoms with E-state index in [0.717, 1.165) is 4.52 Å². The van der Waals surface area contributed by atoms with Crippen LogP contribution in [0.5, 0.6) is 5.88 Å². The van der Waals surface area contributed by atoms with E-state index in [1.165, 1.54) is 6.07 Å². The summed E-state index contributed by atoms with van der Waals surface area (Å²) >= 11 is 0. The summed E-state index contributed by atoms with van der Waals surface area (Å²) in [6.45, 7) is 1.20. The Balaban J connectivity index is 2.70. The smallest absolute Gasteiger partial charge is 0.284 e. The van der Waals surface area contributed by atoms with Gasteiger partial charge in [0.25, 0.3) is 21.0 Å². The monoisotopic (exact) mass is 275 g/mol. The molecule has 0 aliphatic carbocycles. The number of alkyl halides is 1. The molecule has 18 heavy (non-hydrogen) atoms. The molecule has 2 N–H and O–H groups in total. The fourth-order valence-electron chi connectivity index (χ4n) is 1.31. The molecule has 0 saturated heterocycles. The maximum absolute atomic E-state index is 12.6. The summed E-state index contributed by atoms with van der Waals surface area (Å²) in [5, 5.41) is 7.98. The van der Waals surface area contributed by atoms with Crippen LogP contribution < -0.4 is 9.88 Å². The van der Waals surface area contributed by atoms with Crippen LogP contribution in [0.25, 0.3) is 5.78 Å². The van der Waals surface area contributed by atoms with Crippen molar-refractivity contribution in [3.8, 4) is 5.88 Å². The second kappa shape index (κ2) is 4.46. The summed E-state index contributed by atoms with van der Waals surface area (Å²) in [5.41, 5.74) is 0.0688. The number of rotatable bonds is 4. The maximum Gasteiger partial charge on any atom is 0.284 e. The van der Waals surface area contributed by atoms with E-state index in [9.17, 15) is 12.8 Å². The molecule has 0 atom stereocenters. The molecule has 0 bridgehead atoms. The van der Waals surface area contributed by atoms with Gasteiger partial charge in [-0.15, -0.1) is 5.10 Å². The fraction of sp³-hybridized carbons (Fsp3) is 0.375. The van der Waals surface area contributed by atoms with Gasteiger partial charge in [0.2, 0.25) is 5.88 Å². The van der Waals surface area contributed by atoms with Crippen molar-refractivity contribution >= 4 is 15.8 Å². The van der Waals surface area contributed by atoms with Crippen LogP contribution in [0.3, 0.4) is 0 Å². The van der Waals surface area contributed by atoms with E-state index in [-0.39, 0.29) is 17.4 Å². The highest BCUT2D eigenvalue weighted by molar-refractivity contribution is 7.89. The van der Waals surface area contributed by atoms with Crippen molar-refractivity contribution < 1.29 is 17.5 Å². The first-order valence-corrected chi connectivity index (χ1v) is 6.48. The van der Waals surface area contributed by atoms with Crippen molar-refractivity contribution in [3.05, 3.63) is 11.8 Å². The number of sulfonamides is 1. The van der Waals surface area contributed by atoms with Crippen LogP contribution >= 0.6 is 0 Å². The largest absolute Gasteiger partial charge is 0.478 e. The van der Waals surface area contributed by atoms with Crippen LogP contribution in [-0.2, 0) is 16.7 Å². The van der Waals surface area contributed by atoms with E-state index >= 15 is 0 Å². The SMILES string of the molecule is CCOc1cc(CF)nc2nc(S(N)(=O)=O)nn12. The molecule has 0 radical (unpaired) electrons. The normalized spacial score (nSPS) is 11.9. The standard InChI is InChI=1S/C8H10FN5O3S/c1-2-17-6-3-5(4-9)11-7-12-8(13-14(6)7)18(10,15)16/h3H,2,4H2,1H3,(H2,10,15,16). The fourth-order valence-corrected chi connectivity index (χ4v) is 1.71. The molecule has 0 fully saturated rings. The Bertz CT molecular complexity index is 683. The number of fused-ring (bicyclic) bond motifs is 1. The van der Waals surface area contributed by atoms with Gasteiger partial charge in [0, 0.05) is 6.07 Å². The molecule has 0 saturated carbocycles. The predicted molar refractivity (Wildman–Crippen MR) is 58.1 cm³/mol. The first-order valence-electron chi connectivity index (χ1n) is 4.94. The zero-order chi connectivity index (χ0) is 13.3. The average Bonchev–Trinajstić information content (AvgIpc) is 2.72. The molecule has 2 aromatic heterocycles. The molecular formula is C8H10FN5O3S. The first kappa shape index (κ1) is 12.6. The highest BCUT2D eigenvalue weighted by Gasteiger charge is 2.18. The van der Waals surface area contributed by atoms with E-state index in [4.69, 9.17) is 9.88 Å². The van der Waals surface area contributed by atoms with E-state index in [1.54, 1.807) is 6.92 Å². The number of ether oxygens (including phenoxy) is 1. The molecule has 98 valence electrons. The second-order valence-electron chi connectivity index (χ2n) is 3.30. The Labute approximate surface area is 102 Å². The van der Waals surface area contributed by atoms with Gasteiger partial charge in [-0.2, -0.15) is 9.50 Å². The molecule has 2 heterocycles. The Hall–Kier alpha value is -1.81. The number of hydrogen-bond acceptors (Lipinski definition) is 6. The van der Waals surface area contributed by atoms with E-state index < -0.39 is 21.9 Å². The molecule has 0 aliphatic heterocycles. The number of hydrogen-bond donors (Lipinski definition) is 1. The van der Waals surface area contributed by atoms with Gasteiger partial charge in [-0.1, -0.05) is 0 Å². The van der Waals surface area contributed by atoms with Crippen molar-refractivity contribution in [3.63, 3.8) is 0 Å². The summed E-state index contributed by atoms with van der Waals surface area (Å²) < 4.78 is 41.1. The molecule has 8 nitrogen and oxygen atoms in total. The quantitative estimate of drug-likeness (QED) is 0.815. The number of nitrogens with zero attached hydrogens (tertiary/aromatic N) is 4. The third-order valence-electron chi connectivity index (χ3n) is 2.00. The lowest BCUT2D eigenvalue weighted by atomic mass is 10.4. The van der Waals surface area contributed by atoms with Gasteiger partial charge in [0.15, 0.2) is 0 Å². The summed E-state index contributed by atoms with van der Waals surface area (Å²) in [7, 11) is -4.05. The van der Waals surface area contributed by atoms with Crippen LogP contribution in [0.2, 0.25) is 0 Å². The lowest BCUT2D eigenvalue weighted by molar-refractivity contribution is 0.315. The van der Waals surface area contributed by atoms with Gasteiger partial charge >= 0.3 is 0 Å². The Morgan fingerprint density at radius 3 is 2.78 bits per heavy atom. The summed E-state index contributed by atoms with van der Waals surface area (Å²) in [6.07, 6.45) is 0. The Kier molecular flexibility index (Phi) is 3.13. The van der Waals surface area contributed by atoms with Crippen molar-refractivity contribution in [2.45, 2.75) is 18.8 Å². The summed E-state index contributed by atoms with van der Waals surface area (Å²) in [6, 6.07) is 1.32. The average molecular weight is 275 g/mol. The van der Waals surface area contributed by atoms with Gasteiger partial charge in [0.1, 0.15) is 6.67 Å². The van der Waals surface area contributed by atoms with Crippen LogP contribution in [0.1, 0.15) is 12.6 Å². The molecular weight excluding hydrogens is 265 g/mol. The Morgan fingerprint density at radius 2 is 2.22 bits per heavy atom. The predicted octanol–water partition coefficient (Wildman–Crippen LogP) is -0.360. The van der Waals surface area contributed by atoms with E-state index in [1.807, 2.05) is 0 Å². The number of aromatic nitrogens is 4. The minimum Gasteiger partial charge on any atom is -0.478 e. The van der Waals surface area contributed by atoms with Gasteiger partial charge in [-0.25, -0.2) is 22.9 Å². The van der Waals surface area contributed by atoms with Gasteiger partial charge in [0.05, 0.1) is 12.3 Å². The molecule has 0 aromatic carbocycles. The number of nitrogens with two attached hydrogens (primary N) is 1. The highest BCUT2D eigenvalue weighted by Crippen LogP contribution is 2.16. The zero-order valence-corrected chi connectivity index (χ0v) is 10.2. The lowest BCUT2D eigenvalue weighted by Crippen LogP contribution is -2.14. The van der Waals surface area contributed by atoms with Crippen LogP contribution in [-0.4, -0.2) is 34.6 Å². The highest BCUT2D eigenvalue weighted by atomic mass is 32.2. The minimum absolute atomic E-state index is 0.0688. The van der Waals surface area contributed by atoms with Crippen molar-refractivity contribution in [1.82, 2.24) is 19.6 Å². The molecule has 2 rings (SSSR count). The second-order valence-corrected chi connectivity index (χ2v) is 4.76. The summed E-state index contributed by atoms with van der Waals surface area (Å²) in [5.74, 6) is 0.0650. The number of primary sulfonamides is 1. The molecule has 0 amide bonds. The zero-order valence-electron chi connectivity index (χ0n) is 9.37. The molecule has 0 spiro atoms. The van der Waals surface area contributed by atoms with Crippen molar-refractivity contribution in [2.75, 3.05) is 6.61 Å². The lowest BCUT2D eigenvalue weighted by Gasteiger charge is -2.05. The van der Waals surface area contributed by atoms with E-state index in [2.05, 4.69) is 15.1 Å². The molecule has 2 aromatic rings. The van der Waals surface area contributed by atoms with Gasteiger partial charge in [-0.3, -0.25) is 0 Å². The van der Waals surface area contributed by atoms with Gasteiger partial charge in [-0.05, 0) is 6.92 Å². The van der Waals surface area contributed by atoms with Crippen molar-refractivity contribution in [1.29, 1.82) is 0 Å². The first-order chi connectivity index (χ1) is 8.45. The third kappa shape index (κ3) is 2.24.